The van der Waals surface area contributed by atoms with E-state index < -0.39 is 0 Å². The van der Waals surface area contributed by atoms with Crippen molar-refractivity contribution in [1.29, 1.82) is 0 Å². The first-order valence-corrected chi connectivity index (χ1v) is 13.5. The van der Waals surface area contributed by atoms with Gasteiger partial charge in [0.25, 0.3) is 0 Å². The third kappa shape index (κ3) is 7.68. The standard InChI is InChI=1S/C26H41ClN6O2/c1-18(16-34-3)31-19-4-6-20(7-5-19)32-25-29-15-22(27)24(33-25)23-14-21(8-11-28-23)30-17-26(2)9-12-35-13-10-26/h15,18-20,31H,4-14,16-17H2,1-3H3,(H,29,32,33). The zero-order valence-corrected chi connectivity index (χ0v) is 22.2. The van der Waals surface area contributed by atoms with Crippen molar-refractivity contribution in [3.8, 4) is 0 Å². The molecule has 1 aromatic rings. The summed E-state index contributed by atoms with van der Waals surface area (Å²) < 4.78 is 10.8. The van der Waals surface area contributed by atoms with Crippen LogP contribution in [0.15, 0.2) is 16.2 Å². The Morgan fingerprint density at radius 2 is 1.97 bits per heavy atom. The van der Waals surface area contributed by atoms with E-state index in [1.165, 1.54) is 5.71 Å². The molecule has 8 nitrogen and oxygen atoms in total. The SMILES string of the molecule is COCC(C)NC1CCC(Nc2ncc(Cl)c(C3=NCCC(=NCC4(C)CCOCC4)C3)n2)CC1. The lowest BCUT2D eigenvalue weighted by Crippen LogP contribution is -2.43. The van der Waals surface area contributed by atoms with Crippen molar-refractivity contribution >= 4 is 29.0 Å². The Morgan fingerprint density at radius 1 is 1.23 bits per heavy atom. The molecule has 0 aromatic carbocycles. The number of hydrogen-bond acceptors (Lipinski definition) is 8. The molecule has 0 spiro atoms. The number of nitrogens with one attached hydrogen (secondary N) is 2. The molecule has 1 saturated heterocycles. The summed E-state index contributed by atoms with van der Waals surface area (Å²) in [6, 6.07) is 1.28. The molecule has 2 fully saturated rings. The quantitative estimate of drug-likeness (QED) is 0.520. The van der Waals surface area contributed by atoms with Crippen LogP contribution in [-0.4, -0.2) is 79.5 Å². The molecular weight excluding hydrogens is 464 g/mol. The molecule has 9 heteroatoms. The number of rotatable bonds is 9. The zero-order valence-electron chi connectivity index (χ0n) is 21.5. The van der Waals surface area contributed by atoms with Crippen molar-refractivity contribution in [2.24, 2.45) is 15.4 Å². The van der Waals surface area contributed by atoms with Gasteiger partial charge in [0, 0.05) is 70.1 Å². The largest absolute Gasteiger partial charge is 0.383 e. The lowest BCUT2D eigenvalue weighted by Gasteiger charge is -2.32. The fourth-order valence-corrected chi connectivity index (χ4v) is 5.40. The maximum Gasteiger partial charge on any atom is 0.223 e. The van der Waals surface area contributed by atoms with Gasteiger partial charge in [-0.3, -0.25) is 9.98 Å². The predicted molar refractivity (Wildman–Crippen MR) is 142 cm³/mol. The van der Waals surface area contributed by atoms with E-state index in [1.807, 2.05) is 0 Å². The normalized spacial score (nSPS) is 26.9. The Labute approximate surface area is 214 Å². The highest BCUT2D eigenvalue weighted by atomic mass is 35.5. The summed E-state index contributed by atoms with van der Waals surface area (Å²) in [7, 11) is 1.75. The number of aliphatic imine (C=N–C) groups is 2. The third-order valence-electron chi connectivity index (χ3n) is 7.47. The van der Waals surface area contributed by atoms with E-state index >= 15 is 0 Å². The minimum absolute atomic E-state index is 0.236. The van der Waals surface area contributed by atoms with E-state index in [1.54, 1.807) is 13.3 Å². The maximum absolute atomic E-state index is 6.53. The second kappa shape index (κ2) is 12.6. The van der Waals surface area contributed by atoms with Gasteiger partial charge < -0.3 is 20.1 Å². The molecule has 3 aliphatic rings. The Morgan fingerprint density at radius 3 is 2.71 bits per heavy atom. The first-order valence-electron chi connectivity index (χ1n) is 13.1. The fourth-order valence-electron chi connectivity index (χ4n) is 5.20. The van der Waals surface area contributed by atoms with Gasteiger partial charge in [-0.25, -0.2) is 9.97 Å². The Kier molecular flexibility index (Phi) is 9.50. The molecule has 3 heterocycles. The minimum atomic E-state index is 0.236. The van der Waals surface area contributed by atoms with Gasteiger partial charge in [-0.2, -0.15) is 0 Å². The molecule has 0 bridgehead atoms. The van der Waals surface area contributed by atoms with Gasteiger partial charge in [0.15, 0.2) is 0 Å². The Balaban J connectivity index is 1.33. The van der Waals surface area contributed by atoms with E-state index in [9.17, 15) is 0 Å². The number of ether oxygens (including phenoxy) is 2. The molecule has 2 N–H and O–H groups in total. The van der Waals surface area contributed by atoms with Crippen LogP contribution in [0.3, 0.4) is 0 Å². The van der Waals surface area contributed by atoms with E-state index in [2.05, 4.69) is 29.5 Å². The molecule has 4 rings (SSSR count). The van der Waals surface area contributed by atoms with Crippen LogP contribution >= 0.6 is 11.6 Å². The van der Waals surface area contributed by atoms with Crippen molar-refractivity contribution < 1.29 is 9.47 Å². The molecule has 1 saturated carbocycles. The molecule has 1 unspecified atom stereocenters. The molecule has 194 valence electrons. The van der Waals surface area contributed by atoms with E-state index in [0.29, 0.717) is 35.5 Å². The predicted octanol–water partition coefficient (Wildman–Crippen LogP) is 4.32. The number of aromatic nitrogens is 2. The third-order valence-corrected chi connectivity index (χ3v) is 7.75. The maximum atomic E-state index is 6.53. The van der Waals surface area contributed by atoms with E-state index in [-0.39, 0.29) is 5.41 Å². The average molecular weight is 505 g/mol. The molecule has 0 radical (unpaired) electrons. The average Bonchev–Trinajstić information content (AvgIpc) is 2.86. The summed E-state index contributed by atoms with van der Waals surface area (Å²) in [6.45, 7) is 8.49. The number of hydrogen-bond donors (Lipinski definition) is 2. The number of methoxy groups -OCH3 is 1. The van der Waals surface area contributed by atoms with Crippen molar-refractivity contribution in [3.63, 3.8) is 0 Å². The van der Waals surface area contributed by atoms with Gasteiger partial charge in [0.05, 0.1) is 23.5 Å². The highest BCUT2D eigenvalue weighted by Crippen LogP contribution is 2.30. The van der Waals surface area contributed by atoms with Crippen molar-refractivity contribution in [2.75, 3.05) is 45.3 Å². The van der Waals surface area contributed by atoms with Gasteiger partial charge in [0.2, 0.25) is 5.95 Å². The topological polar surface area (TPSA) is 93.0 Å². The summed E-state index contributed by atoms with van der Waals surface area (Å²) in [6.07, 6.45) is 9.88. The van der Waals surface area contributed by atoms with Gasteiger partial charge in [-0.05, 0) is 50.9 Å². The minimum Gasteiger partial charge on any atom is -0.383 e. The molecule has 0 amide bonds. The summed E-state index contributed by atoms with van der Waals surface area (Å²) in [5, 5.41) is 7.76. The number of anilines is 1. The Bertz CT molecular complexity index is 894. The van der Waals surface area contributed by atoms with Crippen LogP contribution in [0, 0.1) is 5.41 Å². The van der Waals surface area contributed by atoms with Gasteiger partial charge in [-0.15, -0.1) is 0 Å². The molecule has 2 aliphatic heterocycles. The lowest BCUT2D eigenvalue weighted by molar-refractivity contribution is 0.0283. The van der Waals surface area contributed by atoms with Crippen LogP contribution in [0.5, 0.6) is 0 Å². The number of nitrogens with zero attached hydrogens (tertiary/aromatic N) is 4. The van der Waals surface area contributed by atoms with Crippen LogP contribution in [0.25, 0.3) is 0 Å². The van der Waals surface area contributed by atoms with Crippen LogP contribution in [0.2, 0.25) is 5.02 Å². The summed E-state index contributed by atoms with van der Waals surface area (Å²) in [5.74, 6) is 0.634. The van der Waals surface area contributed by atoms with Crippen molar-refractivity contribution in [1.82, 2.24) is 15.3 Å². The van der Waals surface area contributed by atoms with Gasteiger partial charge >= 0.3 is 0 Å². The van der Waals surface area contributed by atoms with Crippen LogP contribution in [-0.2, 0) is 9.47 Å². The zero-order chi connectivity index (χ0) is 24.7. The van der Waals surface area contributed by atoms with Crippen molar-refractivity contribution in [3.05, 3.63) is 16.9 Å². The summed E-state index contributed by atoms with van der Waals surface area (Å²) >= 11 is 6.53. The first kappa shape index (κ1) is 26.5. The first-order chi connectivity index (χ1) is 16.9. The van der Waals surface area contributed by atoms with Gasteiger partial charge in [-0.1, -0.05) is 18.5 Å². The highest BCUT2D eigenvalue weighted by Gasteiger charge is 2.28. The van der Waals surface area contributed by atoms with Crippen LogP contribution < -0.4 is 10.6 Å². The molecule has 1 aliphatic carbocycles. The smallest absolute Gasteiger partial charge is 0.223 e. The second-order valence-corrected chi connectivity index (χ2v) is 11.1. The van der Waals surface area contributed by atoms with Gasteiger partial charge in [0.1, 0.15) is 5.69 Å². The summed E-state index contributed by atoms with van der Waals surface area (Å²) in [5.41, 5.74) is 3.08. The lowest BCUT2D eigenvalue weighted by atomic mass is 9.82. The number of halogens is 1. The monoisotopic (exact) mass is 504 g/mol. The molecular formula is C26H41ClN6O2. The Hall–Kier alpha value is -1.61. The van der Waals surface area contributed by atoms with Crippen molar-refractivity contribution in [2.45, 2.75) is 83.3 Å². The summed E-state index contributed by atoms with van der Waals surface area (Å²) in [4.78, 5) is 19.0. The highest BCUT2D eigenvalue weighted by molar-refractivity contribution is 6.34. The second-order valence-electron chi connectivity index (χ2n) is 10.7. The molecule has 1 aromatic heterocycles. The van der Waals surface area contributed by atoms with E-state index in [0.717, 1.165) is 89.3 Å². The molecule has 35 heavy (non-hydrogen) atoms. The van der Waals surface area contributed by atoms with E-state index in [4.69, 9.17) is 36.0 Å². The molecule has 1 atom stereocenters. The fraction of sp³-hybridized carbons (Fsp3) is 0.769. The van der Waals surface area contributed by atoms with Crippen LogP contribution in [0.4, 0.5) is 5.95 Å². The van der Waals surface area contributed by atoms with Crippen LogP contribution in [0.1, 0.15) is 70.9 Å².